The Kier molecular flexibility index (Phi) is 2.85. The quantitative estimate of drug-likeness (QED) is 0.661. The van der Waals surface area contributed by atoms with E-state index in [4.69, 9.17) is 4.74 Å². The molecule has 0 aliphatic carbocycles. The first kappa shape index (κ1) is 9.52. The van der Waals surface area contributed by atoms with Gasteiger partial charge < -0.3 is 4.74 Å². The van der Waals surface area contributed by atoms with Gasteiger partial charge in [-0.1, -0.05) is 18.7 Å². The van der Waals surface area contributed by atoms with Crippen LogP contribution < -0.4 is 4.74 Å². The maximum atomic E-state index is 10.7. The Morgan fingerprint density at radius 3 is 2.69 bits per heavy atom. The number of benzene rings is 1. The molecule has 0 atom stereocenters. The summed E-state index contributed by atoms with van der Waals surface area (Å²) in [4.78, 5) is 10.7. The first-order valence-electron chi connectivity index (χ1n) is 3.98. The predicted molar refractivity (Wildman–Crippen MR) is 53.1 cm³/mol. The van der Waals surface area contributed by atoms with Crippen molar-refractivity contribution in [1.29, 1.82) is 0 Å². The molecule has 1 rings (SSSR count). The van der Waals surface area contributed by atoms with Crippen LogP contribution in [0.5, 0.6) is 5.75 Å². The van der Waals surface area contributed by atoms with Crippen LogP contribution in [-0.2, 0) is 0 Å². The number of hydrogen-bond donors (Lipinski definition) is 0. The van der Waals surface area contributed by atoms with E-state index in [-0.39, 0.29) is 0 Å². The zero-order valence-electron chi connectivity index (χ0n) is 7.83. The highest BCUT2D eigenvalue weighted by Crippen LogP contribution is 2.27. The number of ether oxygens (including phenoxy) is 1. The molecule has 68 valence electrons. The summed E-state index contributed by atoms with van der Waals surface area (Å²) in [6.45, 7) is 5.69. The molecule has 0 saturated carbocycles. The molecule has 0 spiro atoms. The molecular weight excluding hydrogens is 164 g/mol. The molecule has 2 heteroatoms. The standard InChI is InChI=1S/C11H12O2/c1-8(2)10-6-4-5-9(7-12)11(10)13-3/h4-7H,1H2,2-3H3. The van der Waals surface area contributed by atoms with Gasteiger partial charge in [-0.05, 0) is 18.6 Å². The molecule has 0 heterocycles. The first-order chi connectivity index (χ1) is 6.20. The van der Waals surface area contributed by atoms with Gasteiger partial charge in [-0.3, -0.25) is 4.79 Å². The van der Waals surface area contributed by atoms with Gasteiger partial charge >= 0.3 is 0 Å². The van der Waals surface area contributed by atoms with Gasteiger partial charge in [-0.25, -0.2) is 0 Å². The first-order valence-corrected chi connectivity index (χ1v) is 3.98. The van der Waals surface area contributed by atoms with E-state index >= 15 is 0 Å². The van der Waals surface area contributed by atoms with Crippen LogP contribution in [0.25, 0.3) is 5.57 Å². The van der Waals surface area contributed by atoms with E-state index < -0.39 is 0 Å². The molecule has 0 saturated heterocycles. The van der Waals surface area contributed by atoms with Crippen LogP contribution in [0.1, 0.15) is 22.8 Å². The molecule has 0 fully saturated rings. The van der Waals surface area contributed by atoms with E-state index in [1.165, 1.54) is 0 Å². The van der Waals surface area contributed by atoms with Crippen molar-refractivity contribution < 1.29 is 9.53 Å². The van der Waals surface area contributed by atoms with Crippen molar-refractivity contribution in [1.82, 2.24) is 0 Å². The fourth-order valence-corrected chi connectivity index (χ4v) is 1.21. The number of hydrogen-bond acceptors (Lipinski definition) is 2. The SMILES string of the molecule is C=C(C)c1cccc(C=O)c1OC. The Morgan fingerprint density at radius 1 is 1.54 bits per heavy atom. The topological polar surface area (TPSA) is 26.3 Å². The van der Waals surface area contributed by atoms with Gasteiger partial charge in [0, 0.05) is 5.56 Å². The second kappa shape index (κ2) is 3.90. The third kappa shape index (κ3) is 1.78. The number of rotatable bonds is 3. The smallest absolute Gasteiger partial charge is 0.153 e. The van der Waals surface area contributed by atoms with E-state index in [9.17, 15) is 4.79 Å². The van der Waals surface area contributed by atoms with E-state index in [0.717, 1.165) is 17.4 Å². The van der Waals surface area contributed by atoms with Crippen molar-refractivity contribution in [3.63, 3.8) is 0 Å². The van der Waals surface area contributed by atoms with Crippen LogP contribution in [0, 0.1) is 0 Å². The van der Waals surface area contributed by atoms with Crippen molar-refractivity contribution in [2.75, 3.05) is 7.11 Å². The summed E-state index contributed by atoms with van der Waals surface area (Å²) in [7, 11) is 1.55. The van der Waals surface area contributed by atoms with Gasteiger partial charge in [-0.2, -0.15) is 0 Å². The molecule has 0 radical (unpaired) electrons. The molecule has 1 aromatic carbocycles. The van der Waals surface area contributed by atoms with Crippen LogP contribution in [0.15, 0.2) is 24.8 Å². The number of para-hydroxylation sites is 1. The zero-order valence-corrected chi connectivity index (χ0v) is 7.83. The van der Waals surface area contributed by atoms with E-state index in [0.29, 0.717) is 11.3 Å². The number of carbonyl (C=O) groups excluding carboxylic acids is 1. The normalized spacial score (nSPS) is 9.38. The highest BCUT2D eigenvalue weighted by molar-refractivity contribution is 5.84. The fraction of sp³-hybridized carbons (Fsp3) is 0.182. The molecule has 0 bridgehead atoms. The lowest BCUT2D eigenvalue weighted by Crippen LogP contribution is -1.94. The second-order valence-corrected chi connectivity index (χ2v) is 2.83. The van der Waals surface area contributed by atoms with Gasteiger partial charge in [0.25, 0.3) is 0 Å². The number of allylic oxidation sites excluding steroid dienone is 1. The van der Waals surface area contributed by atoms with E-state index in [1.54, 1.807) is 13.2 Å². The summed E-state index contributed by atoms with van der Waals surface area (Å²) in [5.41, 5.74) is 2.33. The molecule has 0 aromatic heterocycles. The van der Waals surface area contributed by atoms with Gasteiger partial charge in [-0.15, -0.1) is 0 Å². The van der Waals surface area contributed by atoms with Crippen LogP contribution in [-0.4, -0.2) is 13.4 Å². The molecule has 0 aliphatic heterocycles. The lowest BCUT2D eigenvalue weighted by atomic mass is 10.0. The molecule has 1 aromatic rings. The highest BCUT2D eigenvalue weighted by Gasteiger charge is 2.07. The Balaban J connectivity index is 3.35. The van der Waals surface area contributed by atoms with Gasteiger partial charge in [0.15, 0.2) is 6.29 Å². The summed E-state index contributed by atoms with van der Waals surface area (Å²) in [5.74, 6) is 0.602. The molecule has 0 unspecified atom stereocenters. The Morgan fingerprint density at radius 2 is 2.23 bits per heavy atom. The van der Waals surface area contributed by atoms with Gasteiger partial charge in [0.2, 0.25) is 0 Å². The predicted octanol–water partition coefficient (Wildman–Crippen LogP) is 2.54. The second-order valence-electron chi connectivity index (χ2n) is 2.83. The van der Waals surface area contributed by atoms with Crippen LogP contribution >= 0.6 is 0 Å². The van der Waals surface area contributed by atoms with Crippen molar-refractivity contribution in [3.8, 4) is 5.75 Å². The van der Waals surface area contributed by atoms with E-state index in [1.807, 2.05) is 19.1 Å². The molecule has 2 nitrogen and oxygen atoms in total. The maximum absolute atomic E-state index is 10.7. The Hall–Kier alpha value is -1.57. The average Bonchev–Trinajstić information content (AvgIpc) is 2.16. The molecule has 0 aliphatic rings. The Labute approximate surface area is 77.8 Å². The van der Waals surface area contributed by atoms with Crippen LogP contribution in [0.3, 0.4) is 0 Å². The number of carbonyl (C=O) groups is 1. The minimum Gasteiger partial charge on any atom is -0.495 e. The fourth-order valence-electron chi connectivity index (χ4n) is 1.21. The minimum absolute atomic E-state index is 0.558. The van der Waals surface area contributed by atoms with Crippen molar-refractivity contribution in [3.05, 3.63) is 35.9 Å². The third-order valence-electron chi connectivity index (χ3n) is 1.84. The lowest BCUT2D eigenvalue weighted by molar-refractivity contribution is 0.112. The largest absolute Gasteiger partial charge is 0.495 e. The lowest BCUT2D eigenvalue weighted by Gasteiger charge is -2.09. The highest BCUT2D eigenvalue weighted by atomic mass is 16.5. The monoisotopic (exact) mass is 176 g/mol. The molecule has 0 N–H and O–H groups in total. The zero-order chi connectivity index (χ0) is 9.84. The maximum Gasteiger partial charge on any atom is 0.153 e. The van der Waals surface area contributed by atoms with E-state index in [2.05, 4.69) is 6.58 Å². The summed E-state index contributed by atoms with van der Waals surface area (Å²) < 4.78 is 5.14. The number of methoxy groups -OCH3 is 1. The summed E-state index contributed by atoms with van der Waals surface area (Å²) in [6.07, 6.45) is 0.783. The van der Waals surface area contributed by atoms with Gasteiger partial charge in [0.05, 0.1) is 12.7 Å². The Bertz CT molecular complexity index is 340. The van der Waals surface area contributed by atoms with Gasteiger partial charge in [0.1, 0.15) is 5.75 Å². The third-order valence-corrected chi connectivity index (χ3v) is 1.84. The molecular formula is C11H12O2. The number of aldehydes is 1. The average molecular weight is 176 g/mol. The summed E-state index contributed by atoms with van der Waals surface area (Å²) >= 11 is 0. The molecule has 13 heavy (non-hydrogen) atoms. The van der Waals surface area contributed by atoms with Crippen molar-refractivity contribution >= 4 is 11.9 Å². The minimum atomic E-state index is 0.558. The molecule has 0 amide bonds. The van der Waals surface area contributed by atoms with Crippen LogP contribution in [0.4, 0.5) is 0 Å². The summed E-state index contributed by atoms with van der Waals surface area (Å²) in [6, 6.07) is 5.42. The van der Waals surface area contributed by atoms with Crippen molar-refractivity contribution in [2.24, 2.45) is 0 Å². The summed E-state index contributed by atoms with van der Waals surface area (Å²) in [5, 5.41) is 0. The van der Waals surface area contributed by atoms with Crippen LogP contribution in [0.2, 0.25) is 0 Å². The van der Waals surface area contributed by atoms with Crippen molar-refractivity contribution in [2.45, 2.75) is 6.92 Å².